The van der Waals surface area contributed by atoms with Gasteiger partial charge in [0.1, 0.15) is 0 Å². The summed E-state index contributed by atoms with van der Waals surface area (Å²) in [4.78, 5) is 4.87. The lowest BCUT2D eigenvalue weighted by Crippen LogP contribution is -2.25. The zero-order chi connectivity index (χ0) is 55.7. The van der Waals surface area contributed by atoms with Gasteiger partial charge in [-0.25, -0.2) is 0 Å². The standard InChI is InChI=1S/C81H50N2S2/c1-3-21-59(22-4-1)82(75-35-17-31-67-65-29-9-13-37-77(65)84-79(67)75)61-25-15-19-51(45-61)53-39-41-55-47-69-70-48-56-42-40-54(44-58(56)50-74(70)81(73(69)49-57(55)43-53)71-33-11-7-27-63(71)64-28-8-12-34-72(64)81)52-20-16-26-62(46-52)83(60-23-5-2-6-24-60)76-36-18-32-68-66-30-10-14-38-78(66)85-80(68)76/h1-50H. The van der Waals surface area contributed by atoms with Crippen molar-refractivity contribution in [2.24, 2.45) is 0 Å². The molecule has 2 aliphatic rings. The van der Waals surface area contributed by atoms with E-state index < -0.39 is 5.41 Å². The van der Waals surface area contributed by atoms with Gasteiger partial charge < -0.3 is 9.80 Å². The molecule has 4 heteroatoms. The van der Waals surface area contributed by atoms with Crippen LogP contribution in [0.2, 0.25) is 0 Å². The topological polar surface area (TPSA) is 6.48 Å². The van der Waals surface area contributed by atoms with Crippen LogP contribution in [0, 0.1) is 0 Å². The van der Waals surface area contributed by atoms with Crippen LogP contribution in [-0.2, 0) is 5.41 Å². The molecule has 0 N–H and O–H groups in total. The molecule has 0 unspecified atom stereocenters. The Hall–Kier alpha value is -10.4. The van der Waals surface area contributed by atoms with Crippen molar-refractivity contribution in [1.29, 1.82) is 0 Å². The van der Waals surface area contributed by atoms with Crippen molar-refractivity contribution in [1.82, 2.24) is 0 Å². The van der Waals surface area contributed by atoms with E-state index in [0.29, 0.717) is 0 Å². The Morgan fingerprint density at radius 2 is 0.624 bits per heavy atom. The number of benzene rings is 14. The minimum absolute atomic E-state index is 0.528. The minimum atomic E-state index is -0.528. The second kappa shape index (κ2) is 18.8. The monoisotopic (exact) mass is 1110 g/mol. The maximum Gasteiger partial charge on any atom is 0.0725 e. The Bertz CT molecular complexity index is 5060. The molecule has 18 rings (SSSR count). The third-order valence-electron chi connectivity index (χ3n) is 18.2. The van der Waals surface area contributed by atoms with Crippen molar-refractivity contribution in [2.45, 2.75) is 5.41 Å². The van der Waals surface area contributed by atoms with E-state index in [4.69, 9.17) is 0 Å². The zero-order valence-corrected chi connectivity index (χ0v) is 47.7. The lowest BCUT2D eigenvalue weighted by atomic mass is 9.70. The first-order valence-electron chi connectivity index (χ1n) is 29.2. The van der Waals surface area contributed by atoms with E-state index in [2.05, 4.69) is 313 Å². The average molecular weight is 1120 g/mol. The fourth-order valence-corrected chi connectivity index (χ4v) is 16.9. The predicted molar refractivity (Wildman–Crippen MR) is 364 cm³/mol. The molecule has 0 saturated heterocycles. The van der Waals surface area contributed by atoms with Crippen molar-refractivity contribution < 1.29 is 0 Å². The van der Waals surface area contributed by atoms with Crippen LogP contribution in [0.25, 0.3) is 106 Å². The number of hydrogen-bond donors (Lipinski definition) is 0. The first-order chi connectivity index (χ1) is 42.1. The van der Waals surface area contributed by atoms with Gasteiger partial charge in [-0.15, -0.1) is 22.7 Å². The van der Waals surface area contributed by atoms with Crippen molar-refractivity contribution in [3.8, 4) is 44.5 Å². The molecular weight excluding hydrogens is 1070 g/mol. The van der Waals surface area contributed by atoms with Gasteiger partial charge in [-0.3, -0.25) is 0 Å². The summed E-state index contributed by atoms with van der Waals surface area (Å²) in [5, 5.41) is 10.1. The summed E-state index contributed by atoms with van der Waals surface area (Å²) in [7, 11) is 0. The third-order valence-corrected chi connectivity index (χ3v) is 20.6. The van der Waals surface area contributed by atoms with Crippen molar-refractivity contribution in [2.75, 3.05) is 9.80 Å². The molecule has 2 heterocycles. The molecule has 0 bridgehead atoms. The Morgan fingerprint density at radius 1 is 0.235 bits per heavy atom. The largest absolute Gasteiger partial charge is 0.309 e. The van der Waals surface area contributed by atoms with Gasteiger partial charge in [0.2, 0.25) is 0 Å². The third kappa shape index (κ3) is 7.29. The number of fused-ring (bicyclic) bond motifs is 18. The van der Waals surface area contributed by atoms with Crippen LogP contribution in [0.3, 0.4) is 0 Å². The van der Waals surface area contributed by atoms with E-state index in [0.717, 1.165) is 22.7 Å². The molecule has 2 aliphatic carbocycles. The van der Waals surface area contributed by atoms with Crippen LogP contribution in [-0.4, -0.2) is 0 Å². The van der Waals surface area contributed by atoms with Gasteiger partial charge in [0.25, 0.3) is 0 Å². The molecule has 0 atom stereocenters. The maximum absolute atomic E-state index is 2.54. The molecule has 16 aromatic rings. The van der Waals surface area contributed by atoms with Gasteiger partial charge in [0, 0.05) is 53.7 Å². The van der Waals surface area contributed by atoms with E-state index in [1.165, 1.54) is 140 Å². The Balaban J connectivity index is 0.774. The summed E-state index contributed by atoms with van der Waals surface area (Å²) in [5.41, 5.74) is 21.6. The summed E-state index contributed by atoms with van der Waals surface area (Å²) in [6.07, 6.45) is 0. The van der Waals surface area contributed by atoms with Crippen LogP contribution in [0.1, 0.15) is 22.3 Å². The van der Waals surface area contributed by atoms with Crippen molar-refractivity contribution >= 4 is 119 Å². The molecule has 1 spiro atoms. The van der Waals surface area contributed by atoms with Crippen molar-refractivity contribution in [3.63, 3.8) is 0 Å². The second-order valence-electron chi connectivity index (χ2n) is 22.7. The Kier molecular flexibility index (Phi) is 10.7. The summed E-state index contributed by atoms with van der Waals surface area (Å²) < 4.78 is 5.16. The molecule has 0 aliphatic heterocycles. The number of rotatable bonds is 8. The van der Waals surface area contributed by atoms with E-state index in [1.807, 2.05) is 22.7 Å². The first-order valence-corrected chi connectivity index (χ1v) is 30.8. The first kappa shape index (κ1) is 48.2. The number of anilines is 6. The summed E-state index contributed by atoms with van der Waals surface area (Å²) in [5.74, 6) is 0. The highest BCUT2D eigenvalue weighted by molar-refractivity contribution is 7.26. The van der Waals surface area contributed by atoms with Gasteiger partial charge in [-0.05, 0) is 198 Å². The highest BCUT2D eigenvalue weighted by Crippen LogP contribution is 2.64. The summed E-state index contributed by atoms with van der Waals surface area (Å²) in [6, 6.07) is 113. The molecule has 0 saturated carbocycles. The highest BCUT2D eigenvalue weighted by atomic mass is 32.1. The minimum Gasteiger partial charge on any atom is -0.309 e. The van der Waals surface area contributed by atoms with E-state index in [9.17, 15) is 0 Å². The second-order valence-corrected chi connectivity index (χ2v) is 24.8. The van der Waals surface area contributed by atoms with Gasteiger partial charge in [0.05, 0.1) is 26.2 Å². The highest BCUT2D eigenvalue weighted by Gasteiger charge is 2.52. The molecule has 0 amide bonds. The maximum atomic E-state index is 2.54. The van der Waals surface area contributed by atoms with Gasteiger partial charge in [-0.1, -0.05) is 194 Å². The summed E-state index contributed by atoms with van der Waals surface area (Å²) in [6.45, 7) is 0. The smallest absolute Gasteiger partial charge is 0.0725 e. The zero-order valence-electron chi connectivity index (χ0n) is 46.1. The fourth-order valence-electron chi connectivity index (χ4n) is 14.5. The lowest BCUT2D eigenvalue weighted by Gasteiger charge is -2.31. The molecule has 85 heavy (non-hydrogen) atoms. The molecule has 2 nitrogen and oxygen atoms in total. The van der Waals surface area contributed by atoms with Crippen molar-refractivity contribution in [3.05, 3.63) is 326 Å². The van der Waals surface area contributed by atoms with E-state index in [-0.39, 0.29) is 0 Å². The number of nitrogens with zero attached hydrogens (tertiary/aromatic N) is 2. The van der Waals surface area contributed by atoms with Crippen LogP contribution in [0.15, 0.2) is 303 Å². The number of hydrogen-bond acceptors (Lipinski definition) is 4. The molecule has 14 aromatic carbocycles. The number of para-hydroxylation sites is 2. The molecule has 0 fully saturated rings. The quantitative estimate of drug-likeness (QED) is 0.150. The van der Waals surface area contributed by atoms with E-state index in [1.54, 1.807) is 0 Å². The van der Waals surface area contributed by atoms with Crippen LogP contribution >= 0.6 is 22.7 Å². The SMILES string of the molecule is c1ccc(N(c2cccc(-c3ccc4cc5c(cc4c3)C3(c4ccccc4-c4ccccc43)c3cc4cc(-c6cccc(N(c7ccccc7)c7cccc8c7sc7ccccc78)c6)ccc4cc3-5)c2)c2cccc3c2sc2ccccc23)cc1. The number of thiophene rings is 2. The molecule has 0 radical (unpaired) electrons. The summed E-state index contributed by atoms with van der Waals surface area (Å²) >= 11 is 3.74. The van der Waals surface area contributed by atoms with Crippen LogP contribution in [0.5, 0.6) is 0 Å². The molecule has 396 valence electrons. The molecule has 2 aromatic heterocycles. The van der Waals surface area contributed by atoms with Crippen LogP contribution in [0.4, 0.5) is 34.1 Å². The van der Waals surface area contributed by atoms with Gasteiger partial charge in [0.15, 0.2) is 0 Å². The predicted octanol–water partition coefficient (Wildman–Crippen LogP) is 23.3. The van der Waals surface area contributed by atoms with Gasteiger partial charge in [-0.2, -0.15) is 0 Å². The Morgan fingerprint density at radius 3 is 1.11 bits per heavy atom. The lowest BCUT2D eigenvalue weighted by molar-refractivity contribution is 0.796. The fraction of sp³-hybridized carbons (Fsp3) is 0.0123. The van der Waals surface area contributed by atoms with Crippen LogP contribution < -0.4 is 9.80 Å². The van der Waals surface area contributed by atoms with Gasteiger partial charge >= 0.3 is 0 Å². The molecular formula is C81H50N2S2. The Labute approximate surface area is 500 Å². The average Bonchev–Trinajstić information content (AvgIpc) is 1.54. The van der Waals surface area contributed by atoms with E-state index >= 15 is 0 Å². The normalized spacial score (nSPS) is 12.8.